The number of rotatable bonds is 1. The summed E-state index contributed by atoms with van der Waals surface area (Å²) in [4.78, 5) is 15.4. The minimum Gasteiger partial charge on any atom is -0.361 e. The first kappa shape index (κ1) is 12.9. The van der Waals surface area contributed by atoms with Gasteiger partial charge in [-0.05, 0) is 24.5 Å². The van der Waals surface area contributed by atoms with E-state index in [4.69, 9.17) is 0 Å². The van der Waals surface area contributed by atoms with Gasteiger partial charge in [-0.2, -0.15) is 0 Å². The summed E-state index contributed by atoms with van der Waals surface area (Å²) in [6.45, 7) is 0. The predicted molar refractivity (Wildman–Crippen MR) is 81.8 cm³/mol. The third-order valence-electron chi connectivity index (χ3n) is 4.12. The van der Waals surface area contributed by atoms with Crippen molar-refractivity contribution < 1.29 is 4.79 Å². The second-order valence-electron chi connectivity index (χ2n) is 5.36. The Morgan fingerprint density at radius 3 is 2.89 bits per heavy atom. The maximum absolute atomic E-state index is 12.2. The fourth-order valence-electron chi connectivity index (χ4n) is 3.06. The Hall–Kier alpha value is -1.09. The largest absolute Gasteiger partial charge is 0.361 e. The van der Waals surface area contributed by atoms with Crippen LogP contribution in [-0.2, 0) is 4.79 Å². The quantitative estimate of drug-likeness (QED) is 0.768. The zero-order chi connectivity index (χ0) is 13.2. The Bertz CT molecular complexity index is 589. The van der Waals surface area contributed by atoms with Gasteiger partial charge >= 0.3 is 0 Å². The summed E-state index contributed by atoms with van der Waals surface area (Å²) >= 11 is 3.65. The van der Waals surface area contributed by atoms with Gasteiger partial charge in [-0.25, -0.2) is 0 Å². The summed E-state index contributed by atoms with van der Waals surface area (Å²) in [5.74, 6) is 0.652. The number of carbonyl (C=O) groups is 1. The molecule has 1 fully saturated rings. The van der Waals surface area contributed by atoms with Crippen molar-refractivity contribution in [2.75, 3.05) is 0 Å². The standard InChI is InChI=1S/C16H18BrNO/c17-16-12(7-2-1-3-9-15(16)19)13-10-18-14-8-5-4-6-11(13)14/h4-6,8,10,12,16,18H,1-3,7,9H2/t12-,16+/m1/s1. The van der Waals surface area contributed by atoms with Crippen LogP contribution in [0.25, 0.3) is 10.9 Å². The highest BCUT2D eigenvalue weighted by molar-refractivity contribution is 9.10. The van der Waals surface area contributed by atoms with E-state index in [1.807, 2.05) is 6.07 Å². The van der Waals surface area contributed by atoms with Crippen molar-refractivity contribution >= 4 is 32.6 Å². The highest BCUT2D eigenvalue weighted by atomic mass is 79.9. The monoisotopic (exact) mass is 319 g/mol. The van der Waals surface area contributed by atoms with Crippen LogP contribution in [0.1, 0.15) is 43.6 Å². The number of nitrogens with one attached hydrogen (secondary N) is 1. The van der Waals surface area contributed by atoms with E-state index in [9.17, 15) is 4.79 Å². The molecule has 2 atom stereocenters. The number of H-pyrrole nitrogens is 1. The van der Waals surface area contributed by atoms with Crippen LogP contribution in [-0.4, -0.2) is 15.6 Å². The fraction of sp³-hybridized carbons (Fsp3) is 0.438. The lowest BCUT2D eigenvalue weighted by atomic mass is 9.85. The van der Waals surface area contributed by atoms with Crippen LogP contribution < -0.4 is 0 Å². The summed E-state index contributed by atoms with van der Waals surface area (Å²) in [6, 6.07) is 8.34. The second-order valence-corrected chi connectivity index (χ2v) is 6.35. The first-order chi connectivity index (χ1) is 9.27. The highest BCUT2D eigenvalue weighted by Gasteiger charge is 2.29. The van der Waals surface area contributed by atoms with Gasteiger partial charge in [0.2, 0.25) is 0 Å². The maximum atomic E-state index is 12.2. The van der Waals surface area contributed by atoms with Crippen LogP contribution >= 0.6 is 15.9 Å². The topological polar surface area (TPSA) is 32.9 Å². The molecule has 3 heteroatoms. The second kappa shape index (κ2) is 5.49. The molecule has 1 aliphatic carbocycles. The molecule has 0 unspecified atom stereocenters. The minimum absolute atomic E-state index is 0.0352. The SMILES string of the molecule is O=C1CCCCC[C@H](c2c[nH]c3ccccc23)[C@@H]1Br. The van der Waals surface area contributed by atoms with Crippen molar-refractivity contribution in [3.05, 3.63) is 36.0 Å². The zero-order valence-corrected chi connectivity index (χ0v) is 12.4. The Labute approximate surface area is 121 Å². The van der Waals surface area contributed by atoms with Crippen molar-refractivity contribution in [3.8, 4) is 0 Å². The molecule has 1 aromatic heterocycles. The number of benzene rings is 1. The number of alkyl halides is 1. The lowest BCUT2D eigenvalue weighted by Gasteiger charge is -2.24. The molecule has 0 aliphatic heterocycles. The molecule has 0 amide bonds. The first-order valence-corrected chi connectivity index (χ1v) is 7.92. The van der Waals surface area contributed by atoms with E-state index in [1.165, 1.54) is 23.8 Å². The maximum Gasteiger partial charge on any atom is 0.147 e. The molecule has 1 aliphatic rings. The number of aromatic nitrogens is 1. The van der Waals surface area contributed by atoms with Crippen molar-refractivity contribution in [3.63, 3.8) is 0 Å². The van der Waals surface area contributed by atoms with Gasteiger partial charge in [-0.15, -0.1) is 0 Å². The lowest BCUT2D eigenvalue weighted by molar-refractivity contribution is -0.119. The Balaban J connectivity index is 2.00. The average molecular weight is 320 g/mol. The minimum atomic E-state index is -0.0352. The van der Waals surface area contributed by atoms with E-state index in [-0.39, 0.29) is 4.83 Å². The van der Waals surface area contributed by atoms with Crippen LogP contribution in [0.15, 0.2) is 30.5 Å². The van der Waals surface area contributed by atoms with Crippen molar-refractivity contribution in [2.45, 2.75) is 42.8 Å². The molecule has 2 aromatic rings. The Morgan fingerprint density at radius 1 is 1.16 bits per heavy atom. The van der Waals surface area contributed by atoms with Crippen LogP contribution in [0.4, 0.5) is 0 Å². The number of hydrogen-bond acceptors (Lipinski definition) is 1. The number of carbonyl (C=O) groups excluding carboxylic acids is 1. The summed E-state index contributed by atoms with van der Waals surface area (Å²) in [6.07, 6.45) is 7.31. The molecular formula is C16H18BrNO. The highest BCUT2D eigenvalue weighted by Crippen LogP contribution is 2.37. The summed E-state index contributed by atoms with van der Waals surface area (Å²) in [5, 5.41) is 1.25. The smallest absolute Gasteiger partial charge is 0.147 e. The predicted octanol–water partition coefficient (Wildman–Crippen LogP) is 4.55. The molecule has 19 heavy (non-hydrogen) atoms. The van der Waals surface area contributed by atoms with Gasteiger partial charge in [0.25, 0.3) is 0 Å². The molecule has 0 saturated heterocycles. The van der Waals surface area contributed by atoms with Crippen LogP contribution in [0, 0.1) is 0 Å². The van der Waals surface area contributed by atoms with Gasteiger partial charge < -0.3 is 4.98 Å². The summed E-state index contributed by atoms with van der Waals surface area (Å²) in [5.41, 5.74) is 2.44. The van der Waals surface area contributed by atoms with Gasteiger partial charge in [0.05, 0.1) is 4.83 Å². The average Bonchev–Trinajstić information content (AvgIpc) is 2.84. The number of halogens is 1. The van der Waals surface area contributed by atoms with Crippen molar-refractivity contribution in [1.29, 1.82) is 0 Å². The van der Waals surface area contributed by atoms with Gasteiger partial charge in [-0.1, -0.05) is 47.0 Å². The molecule has 100 valence electrons. The van der Waals surface area contributed by atoms with Gasteiger partial charge in [0.15, 0.2) is 0 Å². The first-order valence-electron chi connectivity index (χ1n) is 7.00. The number of fused-ring (bicyclic) bond motifs is 1. The summed E-state index contributed by atoms with van der Waals surface area (Å²) < 4.78 is 0. The van der Waals surface area contributed by atoms with E-state index in [1.54, 1.807) is 0 Å². The van der Waals surface area contributed by atoms with Crippen LogP contribution in [0.5, 0.6) is 0 Å². The molecule has 0 spiro atoms. The fourth-order valence-corrected chi connectivity index (χ4v) is 3.84. The number of aromatic amines is 1. The molecule has 0 bridgehead atoms. The molecule has 2 nitrogen and oxygen atoms in total. The molecular weight excluding hydrogens is 302 g/mol. The van der Waals surface area contributed by atoms with E-state index in [0.717, 1.165) is 24.8 Å². The van der Waals surface area contributed by atoms with E-state index >= 15 is 0 Å². The van der Waals surface area contributed by atoms with E-state index in [2.05, 4.69) is 45.3 Å². The third-order valence-corrected chi connectivity index (χ3v) is 5.27. The van der Waals surface area contributed by atoms with Crippen molar-refractivity contribution in [1.82, 2.24) is 4.98 Å². The molecule has 1 heterocycles. The Kier molecular flexibility index (Phi) is 3.74. The van der Waals surface area contributed by atoms with E-state index in [0.29, 0.717) is 11.7 Å². The lowest BCUT2D eigenvalue weighted by Crippen LogP contribution is -2.24. The van der Waals surface area contributed by atoms with E-state index < -0.39 is 0 Å². The van der Waals surface area contributed by atoms with Crippen LogP contribution in [0.2, 0.25) is 0 Å². The molecule has 3 rings (SSSR count). The van der Waals surface area contributed by atoms with Gasteiger partial charge in [0.1, 0.15) is 5.78 Å². The number of hydrogen-bond donors (Lipinski definition) is 1. The number of ketones is 1. The Morgan fingerprint density at radius 2 is 2.00 bits per heavy atom. The molecule has 0 radical (unpaired) electrons. The normalized spacial score (nSPS) is 25.2. The number of para-hydroxylation sites is 1. The van der Waals surface area contributed by atoms with Crippen LogP contribution in [0.3, 0.4) is 0 Å². The molecule has 1 saturated carbocycles. The molecule has 1 N–H and O–H groups in total. The summed E-state index contributed by atoms with van der Waals surface area (Å²) in [7, 11) is 0. The zero-order valence-electron chi connectivity index (χ0n) is 10.9. The third kappa shape index (κ3) is 2.48. The number of Topliss-reactive ketones (excluding diaryl/α,β-unsaturated/α-hetero) is 1. The van der Waals surface area contributed by atoms with Gasteiger partial charge in [-0.3, -0.25) is 4.79 Å². The molecule has 1 aromatic carbocycles. The van der Waals surface area contributed by atoms with Gasteiger partial charge in [0, 0.05) is 29.4 Å². The van der Waals surface area contributed by atoms with Crippen molar-refractivity contribution in [2.24, 2.45) is 0 Å².